The zero-order valence-electron chi connectivity index (χ0n) is 23.5. The molecule has 0 aromatic rings. The fourth-order valence-electron chi connectivity index (χ4n) is 3.80. The van der Waals surface area contributed by atoms with Gasteiger partial charge in [-0.15, -0.1) is 0 Å². The van der Waals surface area contributed by atoms with Crippen molar-refractivity contribution in [3.05, 3.63) is 0 Å². The summed E-state index contributed by atoms with van der Waals surface area (Å²) < 4.78 is 21.1. The normalized spacial score (nSPS) is 11.5. The van der Waals surface area contributed by atoms with Crippen LogP contribution in [0.4, 0.5) is 0 Å². The number of carbonyl (C=O) groups is 2. The predicted octanol–water partition coefficient (Wildman–Crippen LogP) is 7.56. The van der Waals surface area contributed by atoms with Gasteiger partial charge < -0.3 is 18.9 Å². The van der Waals surface area contributed by atoms with Crippen molar-refractivity contribution < 1.29 is 28.5 Å². The van der Waals surface area contributed by atoms with Crippen molar-refractivity contribution in [3.8, 4) is 0 Å². The quantitative estimate of drug-likeness (QED) is 0.0951. The number of rotatable bonds is 25. The molecule has 6 nitrogen and oxygen atoms in total. The van der Waals surface area contributed by atoms with Crippen LogP contribution in [0.25, 0.3) is 0 Å². The first-order valence-electron chi connectivity index (χ1n) is 14.4. The molecule has 6 heteroatoms. The van der Waals surface area contributed by atoms with E-state index < -0.39 is 5.60 Å². The topological polar surface area (TPSA) is 71.1 Å². The number of carbonyl (C=O) groups excluding carboxylic acids is 2. The Labute approximate surface area is 216 Å². The molecule has 0 amide bonds. The van der Waals surface area contributed by atoms with Gasteiger partial charge in [0, 0.05) is 6.42 Å². The van der Waals surface area contributed by atoms with Crippen LogP contribution in [0.15, 0.2) is 0 Å². The highest BCUT2D eigenvalue weighted by atomic mass is 16.6. The zero-order chi connectivity index (χ0) is 26.0. The van der Waals surface area contributed by atoms with Gasteiger partial charge in [0.15, 0.2) is 0 Å². The summed E-state index contributed by atoms with van der Waals surface area (Å²) in [4.78, 5) is 23.3. The first-order chi connectivity index (χ1) is 16.8. The van der Waals surface area contributed by atoms with Gasteiger partial charge in [0.1, 0.15) is 12.2 Å². The largest absolute Gasteiger partial charge is 0.463 e. The summed E-state index contributed by atoms with van der Waals surface area (Å²) in [7, 11) is 0. The molecule has 0 N–H and O–H groups in total. The Morgan fingerprint density at radius 1 is 0.514 bits per heavy atom. The van der Waals surface area contributed by atoms with Gasteiger partial charge in [0.25, 0.3) is 0 Å². The molecule has 0 saturated heterocycles. The van der Waals surface area contributed by atoms with Crippen molar-refractivity contribution >= 4 is 11.9 Å². The summed E-state index contributed by atoms with van der Waals surface area (Å²) in [6.45, 7) is 9.54. The van der Waals surface area contributed by atoms with E-state index in [-0.39, 0.29) is 25.0 Å². The standard InChI is InChI=1S/C29H56O6/c1-5-6-7-8-9-10-11-12-13-14-15-16-17-18-19-20-27(30)34-26-25-33-24-23-32-22-21-28(31)35-29(2,3)4/h5-26H2,1-4H3. The monoisotopic (exact) mass is 500 g/mol. The van der Waals surface area contributed by atoms with Crippen molar-refractivity contribution in [1.82, 2.24) is 0 Å². The number of unbranched alkanes of at least 4 members (excludes halogenated alkanes) is 14. The second-order valence-corrected chi connectivity index (χ2v) is 10.5. The van der Waals surface area contributed by atoms with Gasteiger partial charge in [-0.05, 0) is 27.2 Å². The van der Waals surface area contributed by atoms with Crippen molar-refractivity contribution in [2.24, 2.45) is 0 Å². The average Bonchev–Trinajstić information content (AvgIpc) is 2.79. The minimum Gasteiger partial charge on any atom is -0.463 e. The smallest absolute Gasteiger partial charge is 0.308 e. The van der Waals surface area contributed by atoms with Gasteiger partial charge in [-0.25, -0.2) is 0 Å². The van der Waals surface area contributed by atoms with E-state index in [2.05, 4.69) is 6.92 Å². The van der Waals surface area contributed by atoms with Gasteiger partial charge >= 0.3 is 11.9 Å². The molecular formula is C29H56O6. The first kappa shape index (κ1) is 33.9. The lowest BCUT2D eigenvalue weighted by Crippen LogP contribution is -2.24. The molecule has 208 valence electrons. The molecule has 0 radical (unpaired) electrons. The summed E-state index contributed by atoms with van der Waals surface area (Å²) in [5.41, 5.74) is -0.468. The number of hydrogen-bond donors (Lipinski definition) is 0. The molecule has 0 bridgehead atoms. The summed E-state index contributed by atoms with van der Waals surface area (Å²) in [5.74, 6) is -0.406. The Balaban J connectivity index is 3.24. The second-order valence-electron chi connectivity index (χ2n) is 10.5. The molecule has 0 aliphatic rings. The molecule has 0 unspecified atom stereocenters. The Kier molecular flexibility index (Phi) is 23.8. The zero-order valence-corrected chi connectivity index (χ0v) is 23.5. The summed E-state index contributed by atoms with van der Waals surface area (Å²) in [6.07, 6.45) is 20.5. The molecule has 0 atom stereocenters. The van der Waals surface area contributed by atoms with Crippen LogP contribution in [0, 0.1) is 0 Å². The van der Waals surface area contributed by atoms with E-state index in [1.54, 1.807) is 0 Å². The fourth-order valence-corrected chi connectivity index (χ4v) is 3.80. The molecule has 0 saturated carbocycles. The van der Waals surface area contributed by atoms with Gasteiger partial charge in [0.05, 0.1) is 32.8 Å². The summed E-state index contributed by atoms with van der Waals surface area (Å²) >= 11 is 0. The second kappa shape index (κ2) is 24.5. The van der Waals surface area contributed by atoms with Crippen LogP contribution in [0.1, 0.15) is 137 Å². The summed E-state index contributed by atoms with van der Waals surface area (Å²) in [6, 6.07) is 0. The van der Waals surface area contributed by atoms with Crippen LogP contribution in [0.2, 0.25) is 0 Å². The van der Waals surface area contributed by atoms with Crippen LogP contribution in [0.5, 0.6) is 0 Å². The van der Waals surface area contributed by atoms with E-state index in [4.69, 9.17) is 18.9 Å². The van der Waals surface area contributed by atoms with Crippen molar-refractivity contribution in [3.63, 3.8) is 0 Å². The molecule has 0 aliphatic heterocycles. The third kappa shape index (κ3) is 29.0. The number of hydrogen-bond acceptors (Lipinski definition) is 6. The van der Waals surface area contributed by atoms with E-state index in [1.807, 2.05) is 20.8 Å². The maximum Gasteiger partial charge on any atom is 0.308 e. The lowest BCUT2D eigenvalue weighted by Gasteiger charge is -2.19. The molecule has 0 rings (SSSR count). The van der Waals surface area contributed by atoms with Gasteiger partial charge in [-0.3, -0.25) is 9.59 Å². The van der Waals surface area contributed by atoms with Gasteiger partial charge in [0.2, 0.25) is 0 Å². The lowest BCUT2D eigenvalue weighted by molar-refractivity contribution is -0.156. The number of esters is 2. The van der Waals surface area contributed by atoms with Crippen LogP contribution in [-0.4, -0.2) is 50.6 Å². The van der Waals surface area contributed by atoms with Gasteiger partial charge in [-0.1, -0.05) is 96.8 Å². The Morgan fingerprint density at radius 2 is 0.943 bits per heavy atom. The molecule has 0 heterocycles. The molecule has 0 spiro atoms. The molecule has 0 aromatic carbocycles. The maximum absolute atomic E-state index is 11.8. The maximum atomic E-state index is 11.8. The Bertz CT molecular complexity index is 486. The van der Waals surface area contributed by atoms with Crippen molar-refractivity contribution in [1.29, 1.82) is 0 Å². The Hall–Kier alpha value is -1.14. The highest BCUT2D eigenvalue weighted by molar-refractivity contribution is 5.70. The number of ether oxygens (including phenoxy) is 4. The van der Waals surface area contributed by atoms with Crippen LogP contribution < -0.4 is 0 Å². The van der Waals surface area contributed by atoms with E-state index >= 15 is 0 Å². The van der Waals surface area contributed by atoms with Gasteiger partial charge in [-0.2, -0.15) is 0 Å². The minimum absolute atomic E-state index is 0.142. The highest BCUT2D eigenvalue weighted by Gasteiger charge is 2.15. The summed E-state index contributed by atoms with van der Waals surface area (Å²) in [5, 5.41) is 0. The Morgan fingerprint density at radius 3 is 1.43 bits per heavy atom. The molecule has 0 fully saturated rings. The molecule has 35 heavy (non-hydrogen) atoms. The van der Waals surface area contributed by atoms with Crippen LogP contribution in [0.3, 0.4) is 0 Å². The van der Waals surface area contributed by atoms with E-state index in [0.29, 0.717) is 32.8 Å². The SMILES string of the molecule is CCCCCCCCCCCCCCCCCC(=O)OCCOCCOCCC(=O)OC(C)(C)C. The van der Waals surface area contributed by atoms with Crippen molar-refractivity contribution in [2.75, 3.05) is 33.0 Å². The minimum atomic E-state index is -0.468. The van der Waals surface area contributed by atoms with Crippen LogP contribution >= 0.6 is 0 Å². The lowest BCUT2D eigenvalue weighted by atomic mass is 10.0. The van der Waals surface area contributed by atoms with E-state index in [1.165, 1.54) is 83.5 Å². The predicted molar refractivity (Wildman–Crippen MR) is 143 cm³/mol. The van der Waals surface area contributed by atoms with E-state index in [0.717, 1.165) is 12.8 Å². The van der Waals surface area contributed by atoms with Crippen molar-refractivity contribution in [2.45, 2.75) is 142 Å². The fraction of sp³-hybridized carbons (Fsp3) is 0.931. The first-order valence-corrected chi connectivity index (χ1v) is 14.4. The average molecular weight is 501 g/mol. The highest BCUT2D eigenvalue weighted by Crippen LogP contribution is 2.14. The van der Waals surface area contributed by atoms with Crippen LogP contribution in [-0.2, 0) is 28.5 Å². The third-order valence-electron chi connectivity index (χ3n) is 5.72. The molecular weight excluding hydrogens is 444 g/mol. The third-order valence-corrected chi connectivity index (χ3v) is 5.72. The molecule has 0 aliphatic carbocycles. The molecule has 0 aromatic heterocycles. The van der Waals surface area contributed by atoms with E-state index in [9.17, 15) is 9.59 Å².